The summed E-state index contributed by atoms with van der Waals surface area (Å²) in [4.78, 5) is 26.4. The molecule has 32 heavy (non-hydrogen) atoms. The van der Waals surface area contributed by atoms with Crippen LogP contribution in [0.25, 0.3) is 0 Å². The Kier molecular flexibility index (Phi) is 8.11. The van der Waals surface area contributed by atoms with E-state index in [1.54, 1.807) is 22.5 Å². The molecule has 4 atom stereocenters. The van der Waals surface area contributed by atoms with Crippen molar-refractivity contribution in [2.75, 3.05) is 6.61 Å². The van der Waals surface area contributed by atoms with E-state index >= 15 is 0 Å². The fraction of sp³-hybridized carbons (Fsp3) is 0.810. The van der Waals surface area contributed by atoms with Crippen LogP contribution in [0.1, 0.15) is 60.8 Å². The van der Waals surface area contributed by atoms with Gasteiger partial charge in [-0.05, 0) is 22.2 Å². The normalized spacial score (nSPS) is 30.0. The highest BCUT2D eigenvalue weighted by molar-refractivity contribution is 9.09. The topological polar surface area (TPSA) is 82.6 Å². The van der Waals surface area contributed by atoms with Crippen molar-refractivity contribution in [3.8, 4) is 0 Å². The van der Waals surface area contributed by atoms with Gasteiger partial charge < -0.3 is 13.0 Å². The van der Waals surface area contributed by atoms with Crippen molar-refractivity contribution in [3.05, 3.63) is 33.1 Å². The molecule has 2 fully saturated rings. The first kappa shape index (κ1) is 26.4. The molecule has 0 unspecified atom stereocenters. The van der Waals surface area contributed by atoms with Gasteiger partial charge in [-0.1, -0.05) is 71.3 Å². The van der Waals surface area contributed by atoms with Crippen LogP contribution in [0.4, 0.5) is 0 Å². The van der Waals surface area contributed by atoms with Crippen molar-refractivity contribution in [1.29, 1.82) is 0 Å². The third-order valence-corrected chi connectivity index (χ3v) is 19.9. The van der Waals surface area contributed by atoms with Crippen molar-refractivity contribution >= 4 is 44.8 Å². The van der Waals surface area contributed by atoms with Crippen LogP contribution >= 0.6 is 27.7 Å². The minimum Gasteiger partial charge on any atom is -0.414 e. The number of nitrogens with zero attached hydrogens (tertiary/aromatic N) is 1. The van der Waals surface area contributed by atoms with E-state index < -0.39 is 28.4 Å². The maximum absolute atomic E-state index is 12.5. The third-order valence-electron chi connectivity index (χ3n) is 6.72. The summed E-state index contributed by atoms with van der Waals surface area (Å²) in [5.41, 5.74) is 0.263. The van der Waals surface area contributed by atoms with Gasteiger partial charge in [0.25, 0.3) is 5.56 Å². The van der Waals surface area contributed by atoms with Gasteiger partial charge in [0, 0.05) is 12.3 Å². The third kappa shape index (κ3) is 4.55. The molecule has 0 aromatic carbocycles. The van der Waals surface area contributed by atoms with E-state index in [2.05, 4.69) is 76.3 Å². The molecule has 0 radical (unpaired) electrons. The summed E-state index contributed by atoms with van der Waals surface area (Å²) in [6, 6.07) is 1.39. The number of rotatable bonds is 5. The number of hydrogen-bond donors (Lipinski definition) is 1. The molecule has 0 spiro atoms. The van der Waals surface area contributed by atoms with Crippen molar-refractivity contribution in [1.82, 2.24) is 9.55 Å². The van der Waals surface area contributed by atoms with E-state index in [1.807, 2.05) is 0 Å². The van der Waals surface area contributed by atoms with Gasteiger partial charge in [-0.3, -0.25) is 14.3 Å². The first-order valence-corrected chi connectivity index (χ1v) is 17.3. The molecule has 2 aliphatic heterocycles. The number of alkyl halides is 1. The quantitative estimate of drug-likeness (QED) is 0.405. The Bertz CT molecular complexity index is 906. The number of hydrogen-bond acceptors (Lipinski definition) is 6. The summed E-state index contributed by atoms with van der Waals surface area (Å²) < 4.78 is 22.8. The first-order chi connectivity index (χ1) is 14.9. The average molecular weight is 566 g/mol. The maximum atomic E-state index is 12.5. The van der Waals surface area contributed by atoms with E-state index in [4.69, 9.17) is 13.0 Å². The fourth-order valence-corrected chi connectivity index (χ4v) is 19.4. The second kappa shape index (κ2) is 9.83. The van der Waals surface area contributed by atoms with E-state index in [-0.39, 0.29) is 43.7 Å². The van der Waals surface area contributed by atoms with Crippen LogP contribution in [0.15, 0.2) is 21.9 Å². The summed E-state index contributed by atoms with van der Waals surface area (Å²) in [6.07, 6.45) is 1.41. The highest BCUT2D eigenvalue weighted by Gasteiger charge is 2.61. The van der Waals surface area contributed by atoms with E-state index in [1.165, 1.54) is 6.07 Å². The molecule has 0 amide bonds. The lowest BCUT2D eigenvalue weighted by Crippen LogP contribution is -2.65. The van der Waals surface area contributed by atoms with E-state index in [0.29, 0.717) is 6.61 Å². The van der Waals surface area contributed by atoms with Crippen LogP contribution in [-0.4, -0.2) is 49.5 Å². The standard InChI is InChI=1S/C21H37BrN2O5SSi2/c1-12(2)31(13(3)4)27-11-16-19(28-32(29-31,14(5)6)15(7)8)18(22)20(30-16)24-10-9-17(25)23-21(24)26/h9-10,12-16,18-20H,11H2,1-8H3,(H,23,25,26)/t16-,18-,19-,20-/m1/s1. The van der Waals surface area contributed by atoms with Crippen LogP contribution in [0.2, 0.25) is 22.2 Å². The summed E-state index contributed by atoms with van der Waals surface area (Å²) >= 11 is 5.54. The van der Waals surface area contributed by atoms with Gasteiger partial charge in [0.1, 0.15) is 0 Å². The number of thioether (sulfide) groups is 1. The van der Waals surface area contributed by atoms with Crippen LogP contribution in [0.3, 0.4) is 0 Å². The molecule has 1 aromatic rings. The predicted molar refractivity (Wildman–Crippen MR) is 138 cm³/mol. The van der Waals surface area contributed by atoms with Gasteiger partial charge in [-0.25, -0.2) is 4.79 Å². The van der Waals surface area contributed by atoms with Gasteiger partial charge in [-0.15, -0.1) is 11.8 Å². The minimum atomic E-state index is -2.71. The van der Waals surface area contributed by atoms with Gasteiger partial charge in [0.2, 0.25) is 0 Å². The largest absolute Gasteiger partial charge is 0.414 e. The molecular weight excluding hydrogens is 528 g/mol. The molecule has 1 aromatic heterocycles. The van der Waals surface area contributed by atoms with Crippen molar-refractivity contribution < 1.29 is 13.0 Å². The Morgan fingerprint density at radius 3 is 2.09 bits per heavy atom. The molecule has 182 valence electrons. The highest BCUT2D eigenvalue weighted by atomic mass is 79.9. The van der Waals surface area contributed by atoms with E-state index in [9.17, 15) is 9.59 Å². The highest BCUT2D eigenvalue weighted by Crippen LogP contribution is 2.53. The smallest absolute Gasteiger partial charge is 0.335 e. The average Bonchev–Trinajstić information content (AvgIpc) is 2.96. The molecule has 1 N–H and O–H groups in total. The van der Waals surface area contributed by atoms with Crippen molar-refractivity contribution in [3.63, 3.8) is 0 Å². The lowest BCUT2D eigenvalue weighted by Gasteiger charge is -2.51. The first-order valence-electron chi connectivity index (χ1n) is 11.5. The molecule has 2 aliphatic rings. The van der Waals surface area contributed by atoms with Gasteiger partial charge in [-0.2, -0.15) is 0 Å². The van der Waals surface area contributed by atoms with Crippen LogP contribution < -0.4 is 11.2 Å². The van der Waals surface area contributed by atoms with E-state index in [0.717, 1.165) is 0 Å². The zero-order valence-electron chi connectivity index (χ0n) is 20.3. The zero-order chi connectivity index (χ0) is 24.0. The Morgan fingerprint density at radius 1 is 1.03 bits per heavy atom. The molecule has 7 nitrogen and oxygen atoms in total. The number of nitrogens with one attached hydrogen (secondary N) is 1. The second-order valence-electron chi connectivity index (χ2n) is 10.1. The lowest BCUT2D eigenvalue weighted by atomic mass is 10.2. The molecule has 0 aliphatic carbocycles. The molecule has 3 heterocycles. The summed E-state index contributed by atoms with van der Waals surface area (Å²) in [6.45, 7) is 18.2. The Balaban J connectivity index is 2.08. The minimum absolute atomic E-state index is 0.0563. The summed E-state index contributed by atoms with van der Waals surface area (Å²) in [5.74, 6) is 0. The predicted octanol–water partition coefficient (Wildman–Crippen LogP) is 4.87. The SMILES string of the molecule is CC(C)[Si]1(C(C)C)OC[C@H]2S[C@@H](n3ccc(=O)[nH]c3=O)[C@H](Br)[C@@H]2O[Si](C(C)C)(C(C)C)O1. The lowest BCUT2D eigenvalue weighted by molar-refractivity contribution is 0.0744. The Hall–Kier alpha value is -0.176. The van der Waals surface area contributed by atoms with Gasteiger partial charge in [0.15, 0.2) is 0 Å². The van der Waals surface area contributed by atoms with Crippen LogP contribution in [0, 0.1) is 0 Å². The monoisotopic (exact) mass is 564 g/mol. The van der Waals surface area contributed by atoms with Crippen molar-refractivity contribution in [2.45, 2.75) is 99.1 Å². The van der Waals surface area contributed by atoms with Gasteiger partial charge >= 0.3 is 22.8 Å². The molecule has 0 saturated carbocycles. The maximum Gasteiger partial charge on any atom is 0.335 e. The number of halogens is 1. The second-order valence-corrected chi connectivity index (χ2v) is 21.3. The van der Waals surface area contributed by atoms with Crippen LogP contribution in [0.5, 0.6) is 0 Å². The number of aromatic nitrogens is 2. The fourth-order valence-electron chi connectivity index (χ4n) is 4.96. The Labute approximate surface area is 205 Å². The molecule has 2 saturated heterocycles. The Morgan fingerprint density at radius 2 is 1.59 bits per heavy atom. The number of aromatic amines is 1. The molecule has 11 heteroatoms. The molecule has 0 bridgehead atoms. The summed E-state index contributed by atoms with van der Waals surface area (Å²) in [7, 11) is -5.30. The number of H-pyrrole nitrogens is 1. The van der Waals surface area contributed by atoms with Gasteiger partial charge in [0.05, 0.1) is 28.2 Å². The molecule has 3 rings (SSSR count). The number of fused-ring (bicyclic) bond motifs is 1. The van der Waals surface area contributed by atoms with Crippen LogP contribution in [-0.2, 0) is 13.0 Å². The van der Waals surface area contributed by atoms with Crippen molar-refractivity contribution in [2.24, 2.45) is 0 Å². The summed E-state index contributed by atoms with van der Waals surface area (Å²) in [5, 5.41) is -0.155. The molecular formula is C21H37BrN2O5SSi2. The zero-order valence-corrected chi connectivity index (χ0v) is 24.7.